The fourth-order valence-corrected chi connectivity index (χ4v) is 3.44. The second kappa shape index (κ2) is 11.1. The van der Waals surface area contributed by atoms with E-state index in [1.807, 2.05) is 66.7 Å². The summed E-state index contributed by atoms with van der Waals surface area (Å²) in [5.74, 6) is 1.05. The Kier molecular flexibility index (Phi) is 7.50. The first-order chi connectivity index (χ1) is 16.6. The number of carbonyl (C=O) groups is 2. The molecule has 4 aromatic rings. The molecule has 3 aromatic carbocycles. The van der Waals surface area contributed by atoms with Crippen LogP contribution in [0.4, 0.5) is 0 Å². The molecular weight excluding hydrogens is 430 g/mol. The van der Waals surface area contributed by atoms with E-state index in [1.165, 1.54) is 0 Å². The molecule has 1 aromatic heterocycles. The van der Waals surface area contributed by atoms with Crippen LogP contribution in [0.15, 0.2) is 84.9 Å². The normalized spacial score (nSPS) is 10.6. The Morgan fingerprint density at radius 3 is 2.29 bits per heavy atom. The van der Waals surface area contributed by atoms with Crippen LogP contribution in [0, 0.1) is 0 Å². The van der Waals surface area contributed by atoms with Gasteiger partial charge in [0.2, 0.25) is 0 Å². The van der Waals surface area contributed by atoms with Crippen molar-refractivity contribution < 1.29 is 23.8 Å². The van der Waals surface area contributed by atoms with Crippen molar-refractivity contribution >= 4 is 22.7 Å². The lowest BCUT2D eigenvalue weighted by molar-refractivity contribution is -0.143. The van der Waals surface area contributed by atoms with Crippen LogP contribution in [0.3, 0.4) is 0 Å². The lowest BCUT2D eigenvalue weighted by Crippen LogP contribution is -2.11. The molecule has 0 spiro atoms. The van der Waals surface area contributed by atoms with Crippen LogP contribution in [-0.2, 0) is 16.1 Å². The Morgan fingerprint density at radius 1 is 0.824 bits per heavy atom. The van der Waals surface area contributed by atoms with Gasteiger partial charge in [0.1, 0.15) is 29.5 Å². The Hall–Kier alpha value is -4.19. The predicted octanol–water partition coefficient (Wildman–Crippen LogP) is 6.13. The molecule has 6 nitrogen and oxygen atoms in total. The van der Waals surface area contributed by atoms with Crippen LogP contribution in [0.25, 0.3) is 10.9 Å². The number of fused-ring (bicyclic) bond motifs is 1. The highest BCUT2D eigenvalue weighted by Gasteiger charge is 2.18. The lowest BCUT2D eigenvalue weighted by Gasteiger charge is -2.13. The summed E-state index contributed by atoms with van der Waals surface area (Å²) in [7, 11) is 0. The summed E-state index contributed by atoms with van der Waals surface area (Å²) >= 11 is 0. The van der Waals surface area contributed by atoms with Gasteiger partial charge in [-0.05, 0) is 48.9 Å². The van der Waals surface area contributed by atoms with E-state index < -0.39 is 5.97 Å². The van der Waals surface area contributed by atoms with Crippen molar-refractivity contribution in [1.29, 1.82) is 0 Å². The zero-order chi connectivity index (χ0) is 23.8. The van der Waals surface area contributed by atoms with Crippen LogP contribution < -0.4 is 9.47 Å². The fourth-order valence-electron chi connectivity index (χ4n) is 3.44. The third kappa shape index (κ3) is 5.98. The summed E-state index contributed by atoms with van der Waals surface area (Å²) in [5, 5.41) is 0.776. The number of benzene rings is 3. The summed E-state index contributed by atoms with van der Waals surface area (Å²) < 4.78 is 16.9. The highest BCUT2D eigenvalue weighted by atomic mass is 16.5. The van der Waals surface area contributed by atoms with Gasteiger partial charge >= 0.3 is 5.97 Å². The number of ketones is 1. The number of ether oxygens (including phenoxy) is 3. The molecule has 0 atom stereocenters. The van der Waals surface area contributed by atoms with Crippen molar-refractivity contribution in [1.82, 2.24) is 4.98 Å². The molecular formula is C28H25NO5. The molecule has 34 heavy (non-hydrogen) atoms. The second-order valence-corrected chi connectivity index (χ2v) is 7.61. The molecule has 0 aliphatic heterocycles. The second-order valence-electron chi connectivity index (χ2n) is 7.61. The largest absolute Gasteiger partial charge is 0.486 e. The lowest BCUT2D eigenvalue weighted by atomic mass is 10.1. The number of esters is 1. The number of pyridine rings is 1. The number of hydrogen-bond acceptors (Lipinski definition) is 6. The first-order valence-electron chi connectivity index (χ1n) is 11.2. The standard InChI is InChI=1S/C28H25NO5/c1-2-32-27(31)16-15-25(30)28-26(33-19-20-9-5-3-6-10-20)18-21-17-23(13-14-24(21)29-28)34-22-11-7-4-8-12-22/h3-14,17-18H,2,15-16,19H2,1H3. The van der Waals surface area contributed by atoms with E-state index in [9.17, 15) is 9.59 Å². The van der Waals surface area contributed by atoms with Crippen molar-refractivity contribution in [3.8, 4) is 17.2 Å². The molecule has 0 unspecified atom stereocenters. The zero-order valence-electron chi connectivity index (χ0n) is 18.9. The Morgan fingerprint density at radius 2 is 1.56 bits per heavy atom. The summed E-state index contributed by atoms with van der Waals surface area (Å²) in [5.41, 5.74) is 1.80. The SMILES string of the molecule is CCOC(=O)CCC(=O)c1nc2ccc(Oc3ccccc3)cc2cc1OCc1ccccc1. The zero-order valence-corrected chi connectivity index (χ0v) is 18.9. The average molecular weight is 456 g/mol. The summed E-state index contributed by atoms with van der Waals surface area (Å²) in [6, 6.07) is 26.4. The van der Waals surface area contributed by atoms with Crippen molar-refractivity contribution in [2.75, 3.05) is 6.61 Å². The van der Waals surface area contributed by atoms with Gasteiger partial charge in [-0.2, -0.15) is 0 Å². The van der Waals surface area contributed by atoms with Crippen LogP contribution >= 0.6 is 0 Å². The number of Topliss-reactive ketones (excluding diaryl/α,β-unsaturated/α-hetero) is 1. The molecule has 1 heterocycles. The van der Waals surface area contributed by atoms with Gasteiger partial charge in [-0.3, -0.25) is 9.59 Å². The maximum atomic E-state index is 13.0. The Bertz CT molecular complexity index is 1270. The van der Waals surface area contributed by atoms with Gasteiger partial charge in [0, 0.05) is 11.8 Å². The highest BCUT2D eigenvalue weighted by molar-refractivity contribution is 6.00. The first-order valence-corrected chi connectivity index (χ1v) is 11.2. The summed E-state index contributed by atoms with van der Waals surface area (Å²) in [6.07, 6.45) is -0.0113. The van der Waals surface area contributed by atoms with E-state index in [-0.39, 0.29) is 37.5 Å². The minimum absolute atomic E-state index is 0.00559. The van der Waals surface area contributed by atoms with Gasteiger partial charge in [-0.1, -0.05) is 48.5 Å². The van der Waals surface area contributed by atoms with Crippen molar-refractivity contribution in [3.63, 3.8) is 0 Å². The van der Waals surface area contributed by atoms with E-state index in [2.05, 4.69) is 4.98 Å². The van der Waals surface area contributed by atoms with Gasteiger partial charge in [0.05, 0.1) is 18.5 Å². The fraction of sp³-hybridized carbons (Fsp3) is 0.179. The van der Waals surface area contributed by atoms with Gasteiger partial charge in [0.15, 0.2) is 5.78 Å². The van der Waals surface area contributed by atoms with Crippen molar-refractivity contribution in [3.05, 3.63) is 96.2 Å². The van der Waals surface area contributed by atoms with E-state index in [0.717, 1.165) is 16.7 Å². The van der Waals surface area contributed by atoms with Crippen LogP contribution in [0.1, 0.15) is 35.8 Å². The van der Waals surface area contributed by atoms with Crippen LogP contribution in [-0.4, -0.2) is 23.3 Å². The topological polar surface area (TPSA) is 74.7 Å². The van der Waals surface area contributed by atoms with Crippen LogP contribution in [0.5, 0.6) is 17.2 Å². The molecule has 0 bridgehead atoms. The third-order valence-electron chi connectivity index (χ3n) is 5.09. The number of para-hydroxylation sites is 1. The van der Waals surface area contributed by atoms with Crippen LogP contribution in [0.2, 0.25) is 0 Å². The smallest absolute Gasteiger partial charge is 0.306 e. The number of carbonyl (C=O) groups excluding carboxylic acids is 2. The molecule has 6 heteroatoms. The average Bonchev–Trinajstić information content (AvgIpc) is 2.87. The molecule has 0 aliphatic rings. The molecule has 0 radical (unpaired) electrons. The molecule has 0 aliphatic carbocycles. The molecule has 0 fully saturated rings. The van der Waals surface area contributed by atoms with Gasteiger partial charge < -0.3 is 14.2 Å². The van der Waals surface area contributed by atoms with Crippen molar-refractivity contribution in [2.24, 2.45) is 0 Å². The number of rotatable bonds is 10. The van der Waals surface area contributed by atoms with Gasteiger partial charge in [0.25, 0.3) is 0 Å². The highest BCUT2D eigenvalue weighted by Crippen LogP contribution is 2.30. The minimum Gasteiger partial charge on any atom is -0.486 e. The van der Waals surface area contributed by atoms with E-state index in [4.69, 9.17) is 14.2 Å². The number of aromatic nitrogens is 1. The van der Waals surface area contributed by atoms with E-state index >= 15 is 0 Å². The Labute approximate surface area is 198 Å². The maximum Gasteiger partial charge on any atom is 0.306 e. The molecule has 0 amide bonds. The summed E-state index contributed by atoms with van der Waals surface area (Å²) in [4.78, 5) is 29.3. The Balaban J connectivity index is 1.62. The van der Waals surface area contributed by atoms with E-state index in [0.29, 0.717) is 17.0 Å². The molecule has 172 valence electrons. The monoisotopic (exact) mass is 455 g/mol. The molecule has 0 saturated carbocycles. The van der Waals surface area contributed by atoms with Crippen molar-refractivity contribution in [2.45, 2.75) is 26.4 Å². The minimum atomic E-state index is -0.411. The molecule has 4 rings (SSSR count). The first kappa shape index (κ1) is 23.0. The predicted molar refractivity (Wildman–Crippen MR) is 129 cm³/mol. The summed E-state index contributed by atoms with van der Waals surface area (Å²) in [6.45, 7) is 2.29. The maximum absolute atomic E-state index is 13.0. The number of hydrogen-bond donors (Lipinski definition) is 0. The molecule has 0 N–H and O–H groups in total. The van der Waals surface area contributed by atoms with Gasteiger partial charge in [-0.15, -0.1) is 0 Å². The third-order valence-corrected chi connectivity index (χ3v) is 5.09. The van der Waals surface area contributed by atoms with E-state index in [1.54, 1.807) is 25.1 Å². The van der Waals surface area contributed by atoms with Gasteiger partial charge in [-0.25, -0.2) is 4.98 Å². The molecule has 0 saturated heterocycles. The quantitative estimate of drug-likeness (QED) is 0.211. The number of nitrogens with zero attached hydrogens (tertiary/aromatic N) is 1.